The zero-order valence-corrected chi connectivity index (χ0v) is 12.6. The molecular weight excluding hydrogens is 318 g/mol. The maximum atomic E-state index is 12.7. The van der Waals surface area contributed by atoms with E-state index in [0.29, 0.717) is 11.5 Å². The standard InChI is InChI=1S/C16H14BrNO2/c1-2-11(17)16(19)18-12-7-3-5-9-14(12)20-15-10-6-4-8-13(15)18/h3-11H,2H2,1H3. The highest BCUT2D eigenvalue weighted by Crippen LogP contribution is 2.46. The number of fused-ring (bicyclic) bond motifs is 2. The molecule has 0 N–H and O–H groups in total. The highest BCUT2D eigenvalue weighted by molar-refractivity contribution is 9.10. The van der Waals surface area contributed by atoms with Gasteiger partial charge in [-0.15, -0.1) is 0 Å². The Morgan fingerprint density at radius 1 is 1.10 bits per heavy atom. The average molecular weight is 332 g/mol. The van der Waals surface area contributed by atoms with Crippen LogP contribution >= 0.6 is 15.9 Å². The number of hydrogen-bond donors (Lipinski definition) is 0. The van der Waals surface area contributed by atoms with Gasteiger partial charge in [-0.2, -0.15) is 0 Å². The van der Waals surface area contributed by atoms with Crippen LogP contribution in [0.1, 0.15) is 13.3 Å². The summed E-state index contributed by atoms with van der Waals surface area (Å²) in [5, 5.41) is 0. The summed E-state index contributed by atoms with van der Waals surface area (Å²) in [6.45, 7) is 1.98. The number of rotatable bonds is 2. The third kappa shape index (κ3) is 2.10. The van der Waals surface area contributed by atoms with Crippen LogP contribution < -0.4 is 9.64 Å². The first-order chi connectivity index (χ1) is 9.72. The van der Waals surface area contributed by atoms with E-state index in [9.17, 15) is 4.79 Å². The summed E-state index contributed by atoms with van der Waals surface area (Å²) in [5.74, 6) is 1.43. The summed E-state index contributed by atoms with van der Waals surface area (Å²) in [7, 11) is 0. The van der Waals surface area contributed by atoms with Gasteiger partial charge >= 0.3 is 0 Å². The summed E-state index contributed by atoms with van der Waals surface area (Å²) in [5.41, 5.74) is 1.57. The Labute approximate surface area is 126 Å². The van der Waals surface area contributed by atoms with Crippen molar-refractivity contribution in [1.82, 2.24) is 0 Å². The SMILES string of the molecule is CCC(Br)C(=O)N1c2ccccc2Oc2ccccc21. The fourth-order valence-corrected chi connectivity index (χ4v) is 2.46. The number of anilines is 2. The number of para-hydroxylation sites is 4. The molecule has 0 saturated carbocycles. The molecule has 4 heteroatoms. The molecule has 1 heterocycles. The van der Waals surface area contributed by atoms with Gasteiger partial charge < -0.3 is 4.74 Å². The summed E-state index contributed by atoms with van der Waals surface area (Å²) in [6, 6.07) is 15.2. The molecule has 1 aliphatic heterocycles. The number of halogens is 1. The smallest absolute Gasteiger partial charge is 0.245 e. The molecule has 3 nitrogen and oxygen atoms in total. The summed E-state index contributed by atoms with van der Waals surface area (Å²) >= 11 is 3.45. The van der Waals surface area contributed by atoms with Crippen LogP contribution in [-0.2, 0) is 4.79 Å². The Bertz CT molecular complexity index is 611. The van der Waals surface area contributed by atoms with E-state index in [2.05, 4.69) is 15.9 Å². The highest BCUT2D eigenvalue weighted by Gasteiger charge is 2.31. The van der Waals surface area contributed by atoms with Crippen molar-refractivity contribution in [3.05, 3.63) is 48.5 Å². The molecule has 0 fully saturated rings. The number of nitrogens with zero attached hydrogens (tertiary/aromatic N) is 1. The zero-order chi connectivity index (χ0) is 14.1. The number of carbonyl (C=O) groups is 1. The molecule has 1 aliphatic rings. The molecule has 0 aromatic heterocycles. The second kappa shape index (κ2) is 5.29. The predicted octanol–water partition coefficient (Wildman–Crippen LogP) is 4.63. The van der Waals surface area contributed by atoms with E-state index in [1.165, 1.54) is 0 Å². The molecule has 1 unspecified atom stereocenters. The first kappa shape index (κ1) is 13.2. The molecule has 0 saturated heterocycles. The van der Waals surface area contributed by atoms with Gasteiger partial charge in [-0.3, -0.25) is 9.69 Å². The lowest BCUT2D eigenvalue weighted by atomic mass is 10.1. The lowest BCUT2D eigenvalue weighted by molar-refractivity contribution is -0.117. The van der Waals surface area contributed by atoms with Gasteiger partial charge in [0.15, 0.2) is 11.5 Å². The predicted molar refractivity (Wildman–Crippen MR) is 83.1 cm³/mol. The van der Waals surface area contributed by atoms with Gasteiger partial charge in [0, 0.05) is 0 Å². The van der Waals surface area contributed by atoms with Gasteiger partial charge in [0.2, 0.25) is 5.91 Å². The second-order valence-electron chi connectivity index (χ2n) is 4.59. The highest BCUT2D eigenvalue weighted by atomic mass is 79.9. The second-order valence-corrected chi connectivity index (χ2v) is 5.69. The van der Waals surface area contributed by atoms with Crippen LogP contribution in [-0.4, -0.2) is 10.7 Å². The minimum absolute atomic E-state index is 0.0238. The first-order valence-electron chi connectivity index (χ1n) is 6.56. The fourth-order valence-electron chi connectivity index (χ4n) is 2.26. The van der Waals surface area contributed by atoms with E-state index >= 15 is 0 Å². The van der Waals surface area contributed by atoms with Gasteiger partial charge in [0.25, 0.3) is 0 Å². The third-order valence-electron chi connectivity index (χ3n) is 3.28. The molecule has 0 spiro atoms. The third-order valence-corrected chi connectivity index (χ3v) is 4.32. The maximum absolute atomic E-state index is 12.7. The largest absolute Gasteiger partial charge is 0.453 e. The number of benzene rings is 2. The van der Waals surface area contributed by atoms with Gasteiger partial charge in [-0.1, -0.05) is 47.1 Å². The summed E-state index contributed by atoms with van der Waals surface area (Å²) < 4.78 is 5.86. The lowest BCUT2D eigenvalue weighted by Crippen LogP contribution is -2.34. The minimum atomic E-state index is -0.207. The van der Waals surface area contributed by atoms with Crippen molar-refractivity contribution in [3.63, 3.8) is 0 Å². The molecule has 3 rings (SSSR count). The molecule has 1 amide bonds. The molecule has 0 radical (unpaired) electrons. The van der Waals surface area contributed by atoms with Crippen LogP contribution in [0.25, 0.3) is 0 Å². The molecule has 2 aromatic rings. The van der Waals surface area contributed by atoms with Crippen LogP contribution in [0.4, 0.5) is 11.4 Å². The van der Waals surface area contributed by atoms with E-state index in [1.807, 2.05) is 55.5 Å². The molecule has 0 bridgehead atoms. The van der Waals surface area contributed by atoms with Gasteiger partial charge in [-0.05, 0) is 30.7 Å². The van der Waals surface area contributed by atoms with Crippen molar-refractivity contribution in [2.24, 2.45) is 0 Å². The number of hydrogen-bond acceptors (Lipinski definition) is 2. The van der Waals surface area contributed by atoms with Crippen molar-refractivity contribution in [3.8, 4) is 11.5 Å². The Morgan fingerprint density at radius 3 is 2.10 bits per heavy atom. The van der Waals surface area contributed by atoms with Crippen molar-refractivity contribution in [1.29, 1.82) is 0 Å². The van der Waals surface area contributed by atoms with Gasteiger partial charge in [-0.25, -0.2) is 0 Å². The monoisotopic (exact) mass is 331 g/mol. The van der Waals surface area contributed by atoms with Crippen molar-refractivity contribution < 1.29 is 9.53 Å². The quantitative estimate of drug-likeness (QED) is 0.751. The van der Waals surface area contributed by atoms with Crippen LogP contribution in [0.2, 0.25) is 0 Å². The average Bonchev–Trinajstić information content (AvgIpc) is 2.51. The topological polar surface area (TPSA) is 29.5 Å². The van der Waals surface area contributed by atoms with Crippen molar-refractivity contribution in [2.45, 2.75) is 18.2 Å². The van der Waals surface area contributed by atoms with Crippen molar-refractivity contribution in [2.75, 3.05) is 4.90 Å². The van der Waals surface area contributed by atoms with E-state index in [1.54, 1.807) is 4.90 Å². The van der Waals surface area contributed by atoms with Crippen LogP contribution in [0.3, 0.4) is 0 Å². The molecule has 1 atom stereocenters. The van der Waals surface area contributed by atoms with Crippen LogP contribution in [0, 0.1) is 0 Å². The fraction of sp³-hybridized carbons (Fsp3) is 0.188. The molecule has 2 aromatic carbocycles. The number of ether oxygens (including phenoxy) is 1. The summed E-state index contributed by atoms with van der Waals surface area (Å²) in [6.07, 6.45) is 0.737. The Kier molecular flexibility index (Phi) is 3.49. The van der Waals surface area contributed by atoms with E-state index in [0.717, 1.165) is 17.8 Å². The van der Waals surface area contributed by atoms with Gasteiger partial charge in [0.1, 0.15) is 0 Å². The van der Waals surface area contributed by atoms with E-state index < -0.39 is 0 Å². The molecule has 20 heavy (non-hydrogen) atoms. The molecule has 0 aliphatic carbocycles. The Hall–Kier alpha value is -1.81. The van der Waals surface area contributed by atoms with Gasteiger partial charge in [0.05, 0.1) is 16.2 Å². The number of amides is 1. The Morgan fingerprint density at radius 2 is 1.60 bits per heavy atom. The maximum Gasteiger partial charge on any atom is 0.245 e. The lowest BCUT2D eigenvalue weighted by Gasteiger charge is -2.32. The normalized spacial score (nSPS) is 14.0. The summed E-state index contributed by atoms with van der Waals surface area (Å²) in [4.78, 5) is 14.2. The Balaban J connectivity index is 2.15. The van der Waals surface area contributed by atoms with E-state index in [4.69, 9.17) is 4.74 Å². The molecule has 102 valence electrons. The van der Waals surface area contributed by atoms with E-state index in [-0.39, 0.29) is 10.7 Å². The van der Waals surface area contributed by atoms with Crippen molar-refractivity contribution >= 4 is 33.2 Å². The first-order valence-corrected chi connectivity index (χ1v) is 7.48. The number of alkyl halides is 1. The minimum Gasteiger partial charge on any atom is -0.453 e. The zero-order valence-electron chi connectivity index (χ0n) is 11.0. The molecular formula is C16H14BrNO2. The van der Waals surface area contributed by atoms with Crippen LogP contribution in [0.15, 0.2) is 48.5 Å². The van der Waals surface area contributed by atoms with Crippen LogP contribution in [0.5, 0.6) is 11.5 Å². The number of carbonyl (C=O) groups excluding carboxylic acids is 1.